The highest BCUT2D eigenvalue weighted by Crippen LogP contribution is 2.20. The SMILES string of the molecule is Cc1cc(C)cc(C(NC(=O)c2ccc(OCC3CCCO3)cc2)C(=O)O)c1. The molecule has 0 bridgehead atoms. The molecule has 3 rings (SSSR count). The first-order valence-electron chi connectivity index (χ1n) is 9.38. The van der Waals surface area contributed by atoms with Crippen LogP contribution in [-0.2, 0) is 9.53 Å². The number of hydrogen-bond donors (Lipinski definition) is 2. The van der Waals surface area contributed by atoms with Crippen LogP contribution < -0.4 is 10.1 Å². The molecule has 2 N–H and O–H groups in total. The van der Waals surface area contributed by atoms with Crippen LogP contribution in [0, 0.1) is 13.8 Å². The lowest BCUT2D eigenvalue weighted by Crippen LogP contribution is -2.33. The zero-order chi connectivity index (χ0) is 20.1. The Morgan fingerprint density at radius 1 is 1.18 bits per heavy atom. The number of aliphatic carboxylic acids is 1. The quantitative estimate of drug-likeness (QED) is 0.765. The van der Waals surface area contributed by atoms with E-state index in [0.717, 1.165) is 30.6 Å². The van der Waals surface area contributed by atoms with Crippen LogP contribution in [0.5, 0.6) is 5.75 Å². The fourth-order valence-electron chi connectivity index (χ4n) is 3.35. The Bertz CT molecular complexity index is 820. The molecule has 2 aromatic rings. The van der Waals surface area contributed by atoms with E-state index in [1.165, 1.54) is 0 Å². The summed E-state index contributed by atoms with van der Waals surface area (Å²) in [6.45, 7) is 5.05. The second kappa shape index (κ2) is 8.89. The second-order valence-electron chi connectivity index (χ2n) is 7.14. The van der Waals surface area contributed by atoms with E-state index in [9.17, 15) is 14.7 Å². The van der Waals surface area contributed by atoms with E-state index in [4.69, 9.17) is 9.47 Å². The average molecular weight is 383 g/mol. The summed E-state index contributed by atoms with van der Waals surface area (Å²) in [5.41, 5.74) is 2.82. The van der Waals surface area contributed by atoms with Crippen LogP contribution in [0.3, 0.4) is 0 Å². The third-order valence-electron chi connectivity index (χ3n) is 4.68. The van der Waals surface area contributed by atoms with Crippen molar-refractivity contribution in [2.75, 3.05) is 13.2 Å². The van der Waals surface area contributed by atoms with Crippen LogP contribution in [0.25, 0.3) is 0 Å². The number of ether oxygens (including phenoxy) is 2. The number of carbonyl (C=O) groups is 2. The molecule has 148 valence electrons. The van der Waals surface area contributed by atoms with E-state index in [-0.39, 0.29) is 6.10 Å². The molecule has 0 spiro atoms. The lowest BCUT2D eigenvalue weighted by atomic mass is 10.0. The van der Waals surface area contributed by atoms with Crippen LogP contribution in [-0.4, -0.2) is 36.3 Å². The standard InChI is InChI=1S/C22H25NO5/c1-14-10-15(2)12-17(11-14)20(22(25)26)23-21(24)16-5-7-18(8-6-16)28-13-19-4-3-9-27-19/h5-8,10-12,19-20H,3-4,9,13H2,1-2H3,(H,23,24)(H,25,26). The number of nitrogens with one attached hydrogen (secondary N) is 1. The predicted molar refractivity (Wildman–Crippen MR) is 105 cm³/mol. The number of carbonyl (C=O) groups excluding carboxylic acids is 1. The first-order chi connectivity index (χ1) is 13.4. The number of carboxylic acid groups (broad SMARTS) is 1. The first kappa shape index (κ1) is 19.9. The van der Waals surface area contributed by atoms with Gasteiger partial charge in [0.05, 0.1) is 6.10 Å². The molecule has 6 nitrogen and oxygen atoms in total. The molecular formula is C22H25NO5. The van der Waals surface area contributed by atoms with Crippen LogP contribution in [0.15, 0.2) is 42.5 Å². The molecule has 0 saturated carbocycles. The molecule has 2 atom stereocenters. The van der Waals surface area contributed by atoms with Crippen molar-refractivity contribution in [1.82, 2.24) is 5.32 Å². The Kier molecular flexibility index (Phi) is 6.31. The van der Waals surface area contributed by atoms with Crippen molar-refractivity contribution in [1.29, 1.82) is 0 Å². The molecule has 1 aliphatic heterocycles. The Morgan fingerprint density at radius 2 is 1.86 bits per heavy atom. The summed E-state index contributed by atoms with van der Waals surface area (Å²) in [7, 11) is 0. The van der Waals surface area contributed by atoms with Gasteiger partial charge in [-0.15, -0.1) is 0 Å². The number of benzene rings is 2. The molecule has 1 saturated heterocycles. The van der Waals surface area contributed by atoms with Crippen molar-refractivity contribution in [3.8, 4) is 5.75 Å². The largest absolute Gasteiger partial charge is 0.491 e. The fourth-order valence-corrected chi connectivity index (χ4v) is 3.35. The maximum atomic E-state index is 12.5. The Hall–Kier alpha value is -2.86. The average Bonchev–Trinajstić information content (AvgIpc) is 3.17. The van der Waals surface area contributed by atoms with Crippen LogP contribution >= 0.6 is 0 Å². The van der Waals surface area contributed by atoms with Crippen LogP contribution in [0.1, 0.15) is 45.9 Å². The summed E-state index contributed by atoms with van der Waals surface area (Å²) >= 11 is 0. The van der Waals surface area contributed by atoms with Gasteiger partial charge in [0.2, 0.25) is 0 Å². The van der Waals surface area contributed by atoms with Crippen LogP contribution in [0.4, 0.5) is 0 Å². The van der Waals surface area contributed by atoms with Gasteiger partial charge in [-0.25, -0.2) is 4.79 Å². The lowest BCUT2D eigenvalue weighted by Gasteiger charge is -2.17. The van der Waals surface area contributed by atoms with Gasteiger partial charge in [-0.2, -0.15) is 0 Å². The molecule has 1 aliphatic rings. The van der Waals surface area contributed by atoms with Crippen molar-refractivity contribution in [3.63, 3.8) is 0 Å². The summed E-state index contributed by atoms with van der Waals surface area (Å²) in [6.07, 6.45) is 2.17. The van der Waals surface area contributed by atoms with Crippen molar-refractivity contribution in [3.05, 3.63) is 64.7 Å². The minimum absolute atomic E-state index is 0.122. The van der Waals surface area contributed by atoms with E-state index < -0.39 is 17.9 Å². The minimum atomic E-state index is -1.11. The van der Waals surface area contributed by atoms with E-state index in [0.29, 0.717) is 23.5 Å². The summed E-state index contributed by atoms with van der Waals surface area (Å²) in [5, 5.41) is 12.2. The zero-order valence-corrected chi connectivity index (χ0v) is 16.1. The highest BCUT2D eigenvalue weighted by molar-refractivity contribution is 5.96. The zero-order valence-electron chi connectivity index (χ0n) is 16.1. The van der Waals surface area contributed by atoms with E-state index in [1.54, 1.807) is 36.4 Å². The van der Waals surface area contributed by atoms with E-state index in [2.05, 4.69) is 5.32 Å². The number of carboxylic acids is 1. The van der Waals surface area contributed by atoms with Gasteiger partial charge < -0.3 is 19.9 Å². The van der Waals surface area contributed by atoms with Gasteiger partial charge in [0.1, 0.15) is 12.4 Å². The number of aryl methyl sites for hydroxylation is 2. The predicted octanol–water partition coefficient (Wildman–Crippen LogP) is 3.42. The smallest absolute Gasteiger partial charge is 0.330 e. The molecule has 1 heterocycles. The monoisotopic (exact) mass is 383 g/mol. The summed E-state index contributed by atoms with van der Waals surface area (Å²) in [6, 6.07) is 11.1. The summed E-state index contributed by atoms with van der Waals surface area (Å²) < 4.78 is 11.2. The molecule has 28 heavy (non-hydrogen) atoms. The Labute approximate surface area is 164 Å². The van der Waals surface area contributed by atoms with Gasteiger partial charge in [0, 0.05) is 12.2 Å². The molecule has 2 aromatic carbocycles. The minimum Gasteiger partial charge on any atom is -0.491 e. The second-order valence-corrected chi connectivity index (χ2v) is 7.14. The maximum absolute atomic E-state index is 12.5. The third-order valence-corrected chi connectivity index (χ3v) is 4.68. The number of amides is 1. The molecule has 0 aliphatic carbocycles. The highest BCUT2D eigenvalue weighted by atomic mass is 16.5. The normalized spacial score (nSPS) is 17.1. The topological polar surface area (TPSA) is 84.9 Å². The van der Waals surface area contributed by atoms with Gasteiger partial charge in [-0.3, -0.25) is 4.79 Å². The van der Waals surface area contributed by atoms with Crippen molar-refractivity contribution < 1.29 is 24.2 Å². The summed E-state index contributed by atoms with van der Waals surface area (Å²) in [5.74, 6) is -0.900. The number of rotatable bonds is 7. The Morgan fingerprint density at radius 3 is 2.43 bits per heavy atom. The fraction of sp³-hybridized carbons (Fsp3) is 0.364. The molecule has 6 heteroatoms. The molecule has 1 amide bonds. The Balaban J connectivity index is 1.65. The molecular weight excluding hydrogens is 358 g/mol. The van der Waals surface area contributed by atoms with Crippen molar-refractivity contribution in [2.45, 2.75) is 38.8 Å². The summed E-state index contributed by atoms with van der Waals surface area (Å²) in [4.78, 5) is 24.3. The third kappa shape index (κ3) is 5.10. The maximum Gasteiger partial charge on any atom is 0.330 e. The molecule has 0 radical (unpaired) electrons. The van der Waals surface area contributed by atoms with Gasteiger partial charge in [0.15, 0.2) is 6.04 Å². The van der Waals surface area contributed by atoms with E-state index >= 15 is 0 Å². The van der Waals surface area contributed by atoms with Gasteiger partial charge >= 0.3 is 5.97 Å². The van der Waals surface area contributed by atoms with Gasteiger partial charge in [0.25, 0.3) is 5.91 Å². The van der Waals surface area contributed by atoms with Crippen molar-refractivity contribution >= 4 is 11.9 Å². The van der Waals surface area contributed by atoms with Gasteiger partial charge in [-0.05, 0) is 56.5 Å². The van der Waals surface area contributed by atoms with E-state index in [1.807, 2.05) is 19.9 Å². The van der Waals surface area contributed by atoms with Crippen LogP contribution in [0.2, 0.25) is 0 Å². The van der Waals surface area contributed by atoms with Crippen molar-refractivity contribution in [2.24, 2.45) is 0 Å². The highest BCUT2D eigenvalue weighted by Gasteiger charge is 2.23. The molecule has 0 aromatic heterocycles. The lowest BCUT2D eigenvalue weighted by molar-refractivity contribution is -0.139. The first-order valence-corrected chi connectivity index (χ1v) is 9.38. The number of hydrogen-bond acceptors (Lipinski definition) is 4. The van der Waals surface area contributed by atoms with Gasteiger partial charge in [-0.1, -0.05) is 29.3 Å². The molecule has 2 unspecified atom stereocenters. The molecule has 1 fully saturated rings.